The smallest absolute Gasteiger partial charge is 0.330 e. The third-order valence-corrected chi connectivity index (χ3v) is 3.03. The molecule has 0 aliphatic heterocycles. The lowest BCUT2D eigenvalue weighted by Gasteiger charge is -2.18. The van der Waals surface area contributed by atoms with Crippen molar-refractivity contribution in [3.8, 4) is 0 Å². The van der Waals surface area contributed by atoms with Crippen molar-refractivity contribution in [2.45, 2.75) is 24.8 Å². The summed E-state index contributed by atoms with van der Waals surface area (Å²) in [4.78, 5) is 0. The van der Waals surface area contributed by atoms with Gasteiger partial charge in [-0.1, -0.05) is 29.3 Å². The summed E-state index contributed by atoms with van der Waals surface area (Å²) in [5.41, 5.74) is 6.34. The number of nitrogens with two attached hydrogens (primary N) is 1. The van der Waals surface area contributed by atoms with E-state index >= 15 is 0 Å². The van der Waals surface area contributed by atoms with Gasteiger partial charge in [-0.3, -0.25) is 0 Å². The Morgan fingerprint density at radius 1 is 1.25 bits per heavy atom. The van der Waals surface area contributed by atoms with Gasteiger partial charge < -0.3 is 10.5 Å². The van der Waals surface area contributed by atoms with Gasteiger partial charge in [0, 0.05) is 16.1 Å². The van der Waals surface area contributed by atoms with Crippen LogP contribution < -0.4 is 5.73 Å². The highest BCUT2D eigenvalue weighted by atomic mass is 35.5. The van der Waals surface area contributed by atoms with Crippen LogP contribution in [0.5, 0.6) is 0 Å². The fourth-order valence-corrected chi connectivity index (χ4v) is 1.92. The molecular weight excluding hydrogens is 321 g/mol. The largest absolute Gasteiger partial charge is 0.373 e. The highest BCUT2D eigenvalue weighted by Crippen LogP contribution is 2.24. The molecule has 0 saturated heterocycles. The van der Waals surface area contributed by atoms with Crippen LogP contribution in [0, 0.1) is 0 Å². The maximum Gasteiger partial charge on any atom is 0.330 e. The van der Waals surface area contributed by atoms with Crippen molar-refractivity contribution in [1.82, 2.24) is 0 Å². The number of rotatable bonds is 7. The van der Waals surface area contributed by atoms with Gasteiger partial charge in [-0.15, -0.1) is 0 Å². The third-order valence-electron chi connectivity index (χ3n) is 2.44. The monoisotopic (exact) mass is 333 g/mol. The second-order valence-corrected chi connectivity index (χ2v) is 5.12. The molecule has 0 bridgehead atoms. The van der Waals surface area contributed by atoms with Crippen LogP contribution in [0.1, 0.15) is 5.56 Å². The zero-order valence-electron chi connectivity index (χ0n) is 10.3. The lowest BCUT2D eigenvalue weighted by Crippen LogP contribution is -2.36. The molecule has 0 aromatic heterocycles. The first-order valence-electron chi connectivity index (χ1n) is 5.65. The van der Waals surface area contributed by atoms with Gasteiger partial charge in [0.15, 0.2) is 0 Å². The lowest BCUT2D eigenvalue weighted by atomic mass is 10.1. The molecule has 1 aromatic rings. The van der Waals surface area contributed by atoms with Gasteiger partial charge in [-0.25, -0.2) is 8.78 Å². The van der Waals surface area contributed by atoms with E-state index in [1.165, 1.54) is 6.07 Å². The minimum atomic E-state index is -4.17. The van der Waals surface area contributed by atoms with Gasteiger partial charge in [0.25, 0.3) is 0 Å². The van der Waals surface area contributed by atoms with Crippen molar-refractivity contribution in [2.75, 3.05) is 13.2 Å². The zero-order valence-corrected chi connectivity index (χ0v) is 11.8. The standard InChI is InChI=1S/C12H13Cl2F4NO/c13-8-2-1-7(10(14)4-8)3-9(19)5-20-6-12(17,18)11(15)16/h1-2,4,9,11H,3,5-6,19H2. The number of ether oxygens (including phenoxy) is 1. The molecule has 0 aliphatic carbocycles. The van der Waals surface area contributed by atoms with Crippen LogP contribution in [0.2, 0.25) is 10.0 Å². The predicted octanol–water partition coefficient (Wildman–Crippen LogP) is 3.78. The molecule has 2 N–H and O–H groups in total. The summed E-state index contributed by atoms with van der Waals surface area (Å²) in [7, 11) is 0. The summed E-state index contributed by atoms with van der Waals surface area (Å²) < 4.78 is 53.5. The van der Waals surface area contributed by atoms with Crippen molar-refractivity contribution in [3.05, 3.63) is 33.8 Å². The van der Waals surface area contributed by atoms with E-state index in [1.807, 2.05) is 0 Å². The quantitative estimate of drug-likeness (QED) is 0.770. The highest BCUT2D eigenvalue weighted by Gasteiger charge is 2.41. The van der Waals surface area contributed by atoms with Gasteiger partial charge in [0.05, 0.1) is 6.61 Å². The van der Waals surface area contributed by atoms with Gasteiger partial charge in [0.2, 0.25) is 0 Å². The maximum absolute atomic E-state index is 12.6. The Kier molecular flexibility index (Phi) is 6.51. The van der Waals surface area contributed by atoms with Gasteiger partial charge >= 0.3 is 12.3 Å². The van der Waals surface area contributed by atoms with E-state index in [0.717, 1.165) is 0 Å². The number of hydrogen-bond donors (Lipinski definition) is 1. The van der Waals surface area contributed by atoms with Crippen LogP contribution in [-0.4, -0.2) is 31.6 Å². The third kappa shape index (κ3) is 5.44. The van der Waals surface area contributed by atoms with Crippen LogP contribution in [-0.2, 0) is 11.2 Å². The fraction of sp³-hybridized carbons (Fsp3) is 0.500. The molecular formula is C12H13Cl2F4NO. The minimum absolute atomic E-state index is 0.260. The molecule has 114 valence electrons. The van der Waals surface area contributed by atoms with E-state index in [4.69, 9.17) is 28.9 Å². The summed E-state index contributed by atoms with van der Waals surface area (Å²) >= 11 is 11.6. The Morgan fingerprint density at radius 3 is 2.45 bits per heavy atom. The zero-order chi connectivity index (χ0) is 15.3. The van der Waals surface area contributed by atoms with Gasteiger partial charge in [-0.05, 0) is 24.1 Å². The Labute approximate surface area is 123 Å². The summed E-state index contributed by atoms with van der Waals surface area (Å²) in [5, 5.41) is 0.853. The summed E-state index contributed by atoms with van der Waals surface area (Å²) in [6, 6.07) is 4.15. The van der Waals surface area contributed by atoms with Crippen molar-refractivity contribution in [1.29, 1.82) is 0 Å². The average Bonchev–Trinajstić information content (AvgIpc) is 2.32. The molecule has 0 saturated carbocycles. The minimum Gasteiger partial charge on any atom is -0.373 e. The first-order chi connectivity index (χ1) is 9.22. The molecule has 1 rings (SSSR count). The molecule has 1 unspecified atom stereocenters. The van der Waals surface area contributed by atoms with Crippen molar-refractivity contribution < 1.29 is 22.3 Å². The molecule has 0 radical (unpaired) electrons. The molecule has 20 heavy (non-hydrogen) atoms. The Morgan fingerprint density at radius 2 is 1.90 bits per heavy atom. The van der Waals surface area contributed by atoms with Crippen molar-refractivity contribution >= 4 is 23.2 Å². The SMILES string of the molecule is NC(COCC(F)(F)C(F)F)Cc1ccc(Cl)cc1Cl. The molecule has 0 amide bonds. The average molecular weight is 334 g/mol. The maximum atomic E-state index is 12.6. The molecule has 1 aromatic carbocycles. The fourth-order valence-electron chi connectivity index (χ4n) is 1.44. The lowest BCUT2D eigenvalue weighted by molar-refractivity contribution is -0.166. The number of benzene rings is 1. The molecule has 8 heteroatoms. The second kappa shape index (κ2) is 7.45. The van der Waals surface area contributed by atoms with Crippen LogP contribution in [0.3, 0.4) is 0 Å². The Bertz CT molecular complexity index is 445. The second-order valence-electron chi connectivity index (χ2n) is 4.28. The highest BCUT2D eigenvalue weighted by molar-refractivity contribution is 6.35. The first-order valence-corrected chi connectivity index (χ1v) is 6.41. The summed E-state index contributed by atoms with van der Waals surface area (Å²) in [6.45, 7) is -1.64. The van der Waals surface area contributed by atoms with E-state index in [1.54, 1.807) is 12.1 Å². The molecule has 0 aliphatic rings. The topological polar surface area (TPSA) is 35.2 Å². The summed E-state index contributed by atoms with van der Waals surface area (Å²) in [6.07, 6.45) is -3.50. The Balaban J connectivity index is 2.42. The molecule has 0 spiro atoms. The number of hydrogen-bond acceptors (Lipinski definition) is 2. The van der Waals surface area contributed by atoms with E-state index < -0.39 is 25.0 Å². The van der Waals surface area contributed by atoms with Gasteiger partial charge in [-0.2, -0.15) is 8.78 Å². The van der Waals surface area contributed by atoms with Crippen LogP contribution in [0.25, 0.3) is 0 Å². The van der Waals surface area contributed by atoms with Crippen molar-refractivity contribution in [2.24, 2.45) is 5.73 Å². The van der Waals surface area contributed by atoms with Crippen LogP contribution >= 0.6 is 23.2 Å². The predicted molar refractivity (Wildman–Crippen MR) is 69.9 cm³/mol. The molecule has 2 nitrogen and oxygen atoms in total. The van der Waals surface area contributed by atoms with E-state index in [0.29, 0.717) is 15.6 Å². The molecule has 0 heterocycles. The summed E-state index contributed by atoms with van der Waals surface area (Å²) in [5.74, 6) is -4.17. The van der Waals surface area contributed by atoms with Crippen molar-refractivity contribution in [3.63, 3.8) is 0 Å². The number of halogens is 6. The number of alkyl halides is 4. The van der Waals surface area contributed by atoms with Gasteiger partial charge in [0.1, 0.15) is 6.61 Å². The van der Waals surface area contributed by atoms with E-state index in [-0.39, 0.29) is 13.0 Å². The van der Waals surface area contributed by atoms with E-state index in [9.17, 15) is 17.6 Å². The molecule has 0 fully saturated rings. The van der Waals surface area contributed by atoms with E-state index in [2.05, 4.69) is 4.74 Å². The Hall–Kier alpha value is -0.560. The van der Waals surface area contributed by atoms with Crippen LogP contribution in [0.4, 0.5) is 17.6 Å². The normalized spacial score (nSPS) is 13.8. The molecule has 1 atom stereocenters. The first kappa shape index (κ1) is 17.5. The van der Waals surface area contributed by atoms with Crippen LogP contribution in [0.15, 0.2) is 18.2 Å².